The van der Waals surface area contributed by atoms with Gasteiger partial charge in [-0.1, -0.05) is 36.4 Å². The van der Waals surface area contributed by atoms with Gasteiger partial charge in [0, 0.05) is 40.8 Å². The zero-order valence-corrected chi connectivity index (χ0v) is 21.8. The van der Waals surface area contributed by atoms with Crippen LogP contribution in [-0.4, -0.2) is 58.2 Å². The summed E-state index contributed by atoms with van der Waals surface area (Å²) in [6.45, 7) is -0.237. The van der Waals surface area contributed by atoms with Crippen molar-refractivity contribution in [1.82, 2.24) is 5.32 Å². The predicted molar refractivity (Wildman–Crippen MR) is 148 cm³/mol. The summed E-state index contributed by atoms with van der Waals surface area (Å²) in [5, 5.41) is 31.3. The minimum absolute atomic E-state index is 0.0126. The molecule has 0 unspecified atom stereocenters. The van der Waals surface area contributed by atoms with E-state index in [4.69, 9.17) is 21.0 Å². The second-order valence-electron chi connectivity index (χ2n) is 8.96. The van der Waals surface area contributed by atoms with Crippen LogP contribution < -0.4 is 21.1 Å². The number of carbonyl (C=O) groups is 5. The zero-order valence-electron chi connectivity index (χ0n) is 21.8. The van der Waals surface area contributed by atoms with Crippen molar-refractivity contribution in [1.29, 1.82) is 5.41 Å². The molecule has 3 aromatic rings. The van der Waals surface area contributed by atoms with Crippen LogP contribution in [0.1, 0.15) is 44.7 Å². The first kappa shape index (κ1) is 30.0. The number of nitrogens with two attached hydrogens (primary N) is 1. The second kappa shape index (κ2) is 14.0. The summed E-state index contributed by atoms with van der Waals surface area (Å²) in [5.74, 6) is -4.95. The summed E-state index contributed by atoms with van der Waals surface area (Å²) in [6.07, 6.45) is -0.795. The Bertz CT molecular complexity index is 1470. The number of carboxylic acids is 2. The number of carboxylic acid groups (broad SMARTS) is 2. The molecule has 7 N–H and O–H groups in total. The number of ketones is 1. The Hall–Kier alpha value is -5.52. The van der Waals surface area contributed by atoms with Gasteiger partial charge in [-0.3, -0.25) is 24.6 Å². The standard InChI is InChI=1S/C29H28N4O8/c30-26(31)19-10-9-18(14-23(34)29(39)40)24(15-19)41-16-22(11-12-25(35)36)33-28(38)20-7-4-8-21(13-20)32-27(37)17-5-2-1-3-6-17/h1-10,13,15,22H,11-12,14,16H2,(H3,30,31)(H,32,37)(H,33,38)(H,35,36)(H,39,40)/t22-/m1/s1. The highest BCUT2D eigenvalue weighted by molar-refractivity contribution is 6.33. The number of aliphatic carboxylic acids is 2. The molecule has 0 saturated carbocycles. The third kappa shape index (κ3) is 9.03. The van der Waals surface area contributed by atoms with Crippen molar-refractivity contribution in [3.8, 4) is 5.75 Å². The van der Waals surface area contributed by atoms with Crippen LogP contribution in [0, 0.1) is 5.41 Å². The summed E-state index contributed by atoms with van der Waals surface area (Å²) in [6, 6.07) is 18.1. The number of benzene rings is 3. The van der Waals surface area contributed by atoms with Crippen molar-refractivity contribution in [2.45, 2.75) is 25.3 Å². The average molecular weight is 561 g/mol. The molecule has 41 heavy (non-hydrogen) atoms. The number of anilines is 1. The molecule has 0 saturated heterocycles. The molecule has 0 aliphatic carbocycles. The lowest BCUT2D eigenvalue weighted by Crippen LogP contribution is -2.39. The number of amidine groups is 1. The van der Waals surface area contributed by atoms with Gasteiger partial charge in [0.05, 0.1) is 6.04 Å². The van der Waals surface area contributed by atoms with Gasteiger partial charge in [-0.2, -0.15) is 0 Å². The Labute approximate surface area is 234 Å². The van der Waals surface area contributed by atoms with E-state index < -0.39 is 36.1 Å². The lowest BCUT2D eigenvalue weighted by Gasteiger charge is -2.20. The number of carbonyl (C=O) groups excluding carboxylic acids is 3. The minimum Gasteiger partial charge on any atom is -0.491 e. The van der Waals surface area contributed by atoms with Crippen LogP contribution in [0.2, 0.25) is 0 Å². The largest absolute Gasteiger partial charge is 0.491 e. The maximum atomic E-state index is 13.1. The molecule has 12 heteroatoms. The quantitative estimate of drug-likeness (QED) is 0.0970. The Balaban J connectivity index is 1.76. The van der Waals surface area contributed by atoms with E-state index in [0.29, 0.717) is 11.3 Å². The number of nitrogen functional groups attached to an aromatic ring is 1. The van der Waals surface area contributed by atoms with Crippen LogP contribution >= 0.6 is 0 Å². The molecule has 0 aliphatic rings. The number of hydrogen-bond donors (Lipinski definition) is 6. The molecule has 12 nitrogen and oxygen atoms in total. The average Bonchev–Trinajstić information content (AvgIpc) is 2.95. The molecule has 0 aromatic heterocycles. The van der Waals surface area contributed by atoms with Gasteiger partial charge < -0.3 is 31.3 Å². The van der Waals surface area contributed by atoms with E-state index in [1.807, 2.05) is 0 Å². The lowest BCUT2D eigenvalue weighted by atomic mass is 10.0. The molecule has 2 amide bonds. The fraction of sp³-hybridized carbons (Fsp3) is 0.172. The summed E-state index contributed by atoms with van der Waals surface area (Å²) in [7, 11) is 0. The zero-order chi connectivity index (χ0) is 29.9. The third-order valence-corrected chi connectivity index (χ3v) is 5.87. The van der Waals surface area contributed by atoms with Crippen molar-refractivity contribution in [3.05, 3.63) is 95.1 Å². The highest BCUT2D eigenvalue weighted by Crippen LogP contribution is 2.22. The number of rotatable bonds is 14. The molecule has 1 atom stereocenters. The Morgan fingerprint density at radius 3 is 2.22 bits per heavy atom. The third-order valence-electron chi connectivity index (χ3n) is 5.87. The van der Waals surface area contributed by atoms with Crippen LogP contribution in [0.25, 0.3) is 0 Å². The predicted octanol–water partition coefficient (Wildman–Crippen LogP) is 2.46. The monoisotopic (exact) mass is 560 g/mol. The van der Waals surface area contributed by atoms with Crippen molar-refractivity contribution in [2.24, 2.45) is 5.73 Å². The minimum atomic E-state index is -1.62. The van der Waals surface area contributed by atoms with Crippen molar-refractivity contribution in [2.75, 3.05) is 11.9 Å². The fourth-order valence-electron chi connectivity index (χ4n) is 3.74. The first-order valence-electron chi connectivity index (χ1n) is 12.4. The number of ether oxygens (including phenoxy) is 1. The highest BCUT2D eigenvalue weighted by Gasteiger charge is 2.20. The van der Waals surface area contributed by atoms with E-state index in [2.05, 4.69) is 10.6 Å². The molecule has 0 fully saturated rings. The first-order valence-corrected chi connectivity index (χ1v) is 12.4. The van der Waals surface area contributed by atoms with E-state index in [1.165, 1.54) is 30.3 Å². The molecule has 3 rings (SSSR count). The topological polar surface area (TPSA) is 209 Å². The first-order chi connectivity index (χ1) is 19.5. The molecule has 0 radical (unpaired) electrons. The van der Waals surface area contributed by atoms with Gasteiger partial charge in [-0.15, -0.1) is 0 Å². The van der Waals surface area contributed by atoms with Gasteiger partial charge in [0.2, 0.25) is 5.78 Å². The molecular formula is C29H28N4O8. The second-order valence-corrected chi connectivity index (χ2v) is 8.96. The van der Waals surface area contributed by atoms with Crippen LogP contribution in [0.5, 0.6) is 5.75 Å². The van der Waals surface area contributed by atoms with Gasteiger partial charge >= 0.3 is 11.9 Å². The van der Waals surface area contributed by atoms with Gasteiger partial charge in [0.1, 0.15) is 18.2 Å². The van der Waals surface area contributed by atoms with Gasteiger partial charge in [0.25, 0.3) is 11.8 Å². The molecule has 3 aromatic carbocycles. The Morgan fingerprint density at radius 2 is 1.56 bits per heavy atom. The van der Waals surface area contributed by atoms with E-state index >= 15 is 0 Å². The fourth-order valence-corrected chi connectivity index (χ4v) is 3.74. The van der Waals surface area contributed by atoms with E-state index in [9.17, 15) is 29.1 Å². The summed E-state index contributed by atoms with van der Waals surface area (Å²) >= 11 is 0. The van der Waals surface area contributed by atoms with Crippen LogP contribution in [-0.2, 0) is 20.8 Å². The molecule has 212 valence electrons. The summed E-state index contributed by atoms with van der Waals surface area (Å²) in [4.78, 5) is 59.6. The van der Waals surface area contributed by atoms with E-state index in [0.717, 1.165) is 0 Å². The van der Waals surface area contributed by atoms with Crippen molar-refractivity contribution >= 4 is 41.1 Å². The van der Waals surface area contributed by atoms with Crippen LogP contribution in [0.3, 0.4) is 0 Å². The van der Waals surface area contributed by atoms with Crippen molar-refractivity contribution in [3.63, 3.8) is 0 Å². The summed E-state index contributed by atoms with van der Waals surface area (Å²) < 4.78 is 5.80. The smallest absolute Gasteiger partial charge is 0.372 e. The van der Waals surface area contributed by atoms with Crippen LogP contribution in [0.4, 0.5) is 5.69 Å². The van der Waals surface area contributed by atoms with Gasteiger partial charge in [0.15, 0.2) is 0 Å². The SMILES string of the molecule is N=C(N)c1ccc(CC(=O)C(=O)O)c(OC[C@@H](CCC(=O)O)NC(=O)c2cccc(NC(=O)c3ccccc3)c2)c1. The maximum Gasteiger partial charge on any atom is 0.372 e. The number of Topliss-reactive ketones (excluding diaryl/α,β-unsaturated/α-hetero) is 1. The number of amides is 2. The lowest BCUT2D eigenvalue weighted by molar-refractivity contribution is -0.148. The molecule has 0 bridgehead atoms. The Morgan fingerprint density at radius 1 is 0.854 bits per heavy atom. The van der Waals surface area contributed by atoms with Crippen molar-refractivity contribution < 1.29 is 38.9 Å². The highest BCUT2D eigenvalue weighted by atomic mass is 16.5. The number of nitrogens with one attached hydrogen (secondary N) is 3. The normalized spacial score (nSPS) is 11.1. The van der Waals surface area contributed by atoms with Gasteiger partial charge in [-0.25, -0.2) is 4.79 Å². The molecular weight excluding hydrogens is 532 g/mol. The van der Waals surface area contributed by atoms with Crippen LogP contribution in [0.15, 0.2) is 72.8 Å². The number of hydrogen-bond acceptors (Lipinski definition) is 7. The Kier molecular flexibility index (Phi) is 10.3. The summed E-state index contributed by atoms with van der Waals surface area (Å²) in [5.41, 5.74) is 7.02. The molecule has 0 aliphatic heterocycles. The molecule has 0 spiro atoms. The maximum absolute atomic E-state index is 13.1. The van der Waals surface area contributed by atoms with E-state index in [1.54, 1.807) is 42.5 Å². The van der Waals surface area contributed by atoms with Gasteiger partial charge in [-0.05, 0) is 42.8 Å². The van der Waals surface area contributed by atoms with E-state index in [-0.39, 0.29) is 53.6 Å². The molecule has 0 heterocycles.